The van der Waals surface area contributed by atoms with Gasteiger partial charge in [-0.15, -0.1) is 0 Å². The summed E-state index contributed by atoms with van der Waals surface area (Å²) in [5, 5.41) is 2.98. The lowest BCUT2D eigenvalue weighted by Crippen LogP contribution is -2.48. The fraction of sp³-hybridized carbons (Fsp3) is 0.350. The van der Waals surface area contributed by atoms with Crippen molar-refractivity contribution in [2.75, 3.05) is 50.1 Å². The summed E-state index contributed by atoms with van der Waals surface area (Å²) in [5.41, 5.74) is 3.06. The maximum Gasteiger partial charge on any atom is 0.238 e. The van der Waals surface area contributed by atoms with Crippen molar-refractivity contribution in [2.24, 2.45) is 0 Å². The highest BCUT2D eigenvalue weighted by atomic mass is 79.9. The van der Waals surface area contributed by atoms with Crippen LogP contribution < -0.4 is 15.0 Å². The van der Waals surface area contributed by atoms with Crippen LogP contribution in [-0.4, -0.2) is 50.6 Å². The van der Waals surface area contributed by atoms with Gasteiger partial charge in [0.15, 0.2) is 0 Å². The van der Waals surface area contributed by atoms with Crippen molar-refractivity contribution in [2.45, 2.75) is 6.92 Å². The molecular formula is C20H24BrN3O2. The Labute approximate surface area is 163 Å². The number of amides is 1. The van der Waals surface area contributed by atoms with Gasteiger partial charge in [-0.25, -0.2) is 0 Å². The number of hydrogen-bond donors (Lipinski definition) is 1. The minimum Gasteiger partial charge on any atom is -0.495 e. The molecule has 0 radical (unpaired) electrons. The maximum absolute atomic E-state index is 12.3. The van der Waals surface area contributed by atoms with E-state index in [4.69, 9.17) is 4.74 Å². The van der Waals surface area contributed by atoms with Gasteiger partial charge in [0.05, 0.1) is 19.3 Å². The number of ether oxygens (including phenoxy) is 1. The molecule has 0 aliphatic carbocycles. The number of anilines is 2. The molecule has 0 unspecified atom stereocenters. The Balaban J connectivity index is 1.52. The number of hydrogen-bond acceptors (Lipinski definition) is 4. The number of carbonyl (C=O) groups is 1. The van der Waals surface area contributed by atoms with E-state index in [1.165, 1.54) is 0 Å². The van der Waals surface area contributed by atoms with Gasteiger partial charge in [-0.1, -0.05) is 28.1 Å². The molecule has 1 aliphatic heterocycles. The number of methoxy groups -OCH3 is 1. The zero-order valence-electron chi connectivity index (χ0n) is 15.2. The van der Waals surface area contributed by atoms with Crippen LogP contribution >= 0.6 is 15.9 Å². The molecule has 0 bridgehead atoms. The highest BCUT2D eigenvalue weighted by Crippen LogP contribution is 2.28. The standard InChI is InChI=1S/C20H24BrN3O2/c1-15-13-16(7-8-17(15)21)22-20(25)14-23-9-11-24(12-10-23)18-5-3-4-6-19(18)26-2/h3-8,13H,9-12,14H2,1-2H3,(H,22,25). The highest BCUT2D eigenvalue weighted by molar-refractivity contribution is 9.10. The third-order valence-corrected chi connectivity index (χ3v) is 5.50. The van der Waals surface area contributed by atoms with Gasteiger partial charge in [-0.05, 0) is 42.8 Å². The van der Waals surface area contributed by atoms with Crippen LogP contribution in [-0.2, 0) is 4.79 Å². The number of para-hydroxylation sites is 2. The number of benzene rings is 2. The van der Waals surface area contributed by atoms with Crippen LogP contribution in [0.15, 0.2) is 46.9 Å². The van der Waals surface area contributed by atoms with E-state index >= 15 is 0 Å². The molecule has 5 nitrogen and oxygen atoms in total. The Morgan fingerprint density at radius 3 is 2.58 bits per heavy atom. The summed E-state index contributed by atoms with van der Waals surface area (Å²) in [6.07, 6.45) is 0. The number of rotatable bonds is 5. The van der Waals surface area contributed by atoms with Crippen LogP contribution in [0.3, 0.4) is 0 Å². The first-order valence-electron chi connectivity index (χ1n) is 8.73. The topological polar surface area (TPSA) is 44.8 Å². The van der Waals surface area contributed by atoms with E-state index in [0.29, 0.717) is 6.54 Å². The Morgan fingerprint density at radius 2 is 1.88 bits per heavy atom. The van der Waals surface area contributed by atoms with Crippen LogP contribution in [0, 0.1) is 6.92 Å². The number of nitrogens with zero attached hydrogens (tertiary/aromatic N) is 2. The highest BCUT2D eigenvalue weighted by Gasteiger charge is 2.21. The molecule has 26 heavy (non-hydrogen) atoms. The fourth-order valence-corrected chi connectivity index (χ4v) is 3.41. The summed E-state index contributed by atoms with van der Waals surface area (Å²) in [5.74, 6) is 0.918. The SMILES string of the molecule is COc1ccccc1N1CCN(CC(=O)Nc2ccc(Br)c(C)c2)CC1. The maximum atomic E-state index is 12.3. The lowest BCUT2D eigenvalue weighted by Gasteiger charge is -2.36. The van der Waals surface area contributed by atoms with Gasteiger partial charge in [0.25, 0.3) is 0 Å². The van der Waals surface area contributed by atoms with E-state index in [1.807, 2.05) is 43.3 Å². The van der Waals surface area contributed by atoms with Gasteiger partial charge < -0.3 is 15.0 Å². The first-order chi connectivity index (χ1) is 12.6. The zero-order valence-corrected chi connectivity index (χ0v) is 16.8. The Hall–Kier alpha value is -2.05. The van der Waals surface area contributed by atoms with Gasteiger partial charge in [-0.2, -0.15) is 0 Å². The molecule has 3 rings (SSSR count). The quantitative estimate of drug-likeness (QED) is 0.807. The largest absolute Gasteiger partial charge is 0.495 e. The molecule has 1 fully saturated rings. The van der Waals surface area contributed by atoms with Crippen molar-refractivity contribution in [1.29, 1.82) is 0 Å². The summed E-state index contributed by atoms with van der Waals surface area (Å²) in [6, 6.07) is 13.9. The number of halogens is 1. The van der Waals surface area contributed by atoms with Crippen molar-refractivity contribution in [3.63, 3.8) is 0 Å². The molecule has 2 aromatic rings. The van der Waals surface area contributed by atoms with E-state index in [-0.39, 0.29) is 5.91 Å². The molecule has 1 aliphatic rings. The summed E-state index contributed by atoms with van der Waals surface area (Å²) >= 11 is 3.48. The molecule has 2 aromatic carbocycles. The van der Waals surface area contributed by atoms with Crippen LogP contribution in [0.1, 0.15) is 5.56 Å². The van der Waals surface area contributed by atoms with E-state index in [1.54, 1.807) is 7.11 Å². The van der Waals surface area contributed by atoms with E-state index in [0.717, 1.165) is 53.3 Å². The number of nitrogens with one attached hydrogen (secondary N) is 1. The second kappa shape index (κ2) is 8.56. The molecule has 1 N–H and O–H groups in total. The van der Waals surface area contributed by atoms with Crippen molar-refractivity contribution < 1.29 is 9.53 Å². The van der Waals surface area contributed by atoms with Gasteiger partial charge in [0.1, 0.15) is 5.75 Å². The smallest absolute Gasteiger partial charge is 0.238 e. The molecule has 138 valence electrons. The van der Waals surface area contributed by atoms with E-state index in [2.05, 4.69) is 37.1 Å². The minimum absolute atomic E-state index is 0.0254. The summed E-state index contributed by atoms with van der Waals surface area (Å²) in [7, 11) is 1.70. The normalized spacial score (nSPS) is 15.0. The lowest BCUT2D eigenvalue weighted by molar-refractivity contribution is -0.117. The second-order valence-corrected chi connectivity index (χ2v) is 7.30. The predicted octanol–water partition coefficient (Wildman–Crippen LogP) is 3.53. The Bertz CT molecular complexity index is 773. The van der Waals surface area contributed by atoms with Gasteiger partial charge in [-0.3, -0.25) is 9.69 Å². The van der Waals surface area contributed by atoms with Gasteiger partial charge >= 0.3 is 0 Å². The lowest BCUT2D eigenvalue weighted by atomic mass is 10.2. The first-order valence-corrected chi connectivity index (χ1v) is 9.52. The van der Waals surface area contributed by atoms with Crippen molar-refractivity contribution in [1.82, 2.24) is 4.90 Å². The molecule has 1 heterocycles. The minimum atomic E-state index is 0.0254. The summed E-state index contributed by atoms with van der Waals surface area (Å²) < 4.78 is 6.50. The van der Waals surface area contributed by atoms with Crippen LogP contribution in [0.4, 0.5) is 11.4 Å². The number of carbonyl (C=O) groups excluding carboxylic acids is 1. The molecule has 0 spiro atoms. The second-order valence-electron chi connectivity index (χ2n) is 6.45. The Morgan fingerprint density at radius 1 is 1.15 bits per heavy atom. The third kappa shape index (κ3) is 4.56. The van der Waals surface area contributed by atoms with Gasteiger partial charge in [0, 0.05) is 36.3 Å². The van der Waals surface area contributed by atoms with Crippen LogP contribution in [0.25, 0.3) is 0 Å². The molecule has 1 saturated heterocycles. The molecule has 0 saturated carbocycles. The molecule has 0 atom stereocenters. The van der Waals surface area contributed by atoms with Crippen LogP contribution in [0.2, 0.25) is 0 Å². The van der Waals surface area contributed by atoms with Crippen LogP contribution in [0.5, 0.6) is 5.75 Å². The third-order valence-electron chi connectivity index (χ3n) is 4.61. The predicted molar refractivity (Wildman–Crippen MR) is 109 cm³/mol. The summed E-state index contributed by atoms with van der Waals surface area (Å²) in [4.78, 5) is 16.8. The number of piperazine rings is 1. The molecule has 6 heteroatoms. The average Bonchev–Trinajstić information content (AvgIpc) is 2.65. The summed E-state index contributed by atoms with van der Waals surface area (Å²) in [6.45, 7) is 5.89. The zero-order chi connectivity index (χ0) is 18.5. The first kappa shape index (κ1) is 18.7. The average molecular weight is 418 g/mol. The molecule has 0 aromatic heterocycles. The van der Waals surface area contributed by atoms with Crippen molar-refractivity contribution >= 4 is 33.2 Å². The molecule has 1 amide bonds. The van der Waals surface area contributed by atoms with E-state index in [9.17, 15) is 4.79 Å². The Kier molecular flexibility index (Phi) is 6.16. The van der Waals surface area contributed by atoms with Gasteiger partial charge in [0.2, 0.25) is 5.91 Å². The fourth-order valence-electron chi connectivity index (χ4n) is 3.16. The van der Waals surface area contributed by atoms with E-state index < -0.39 is 0 Å². The monoisotopic (exact) mass is 417 g/mol. The van der Waals surface area contributed by atoms with Crippen molar-refractivity contribution in [3.05, 3.63) is 52.5 Å². The van der Waals surface area contributed by atoms with Crippen molar-refractivity contribution in [3.8, 4) is 5.75 Å². The number of aryl methyl sites for hydroxylation is 1. The molecular weight excluding hydrogens is 394 g/mol.